The zero-order chi connectivity index (χ0) is 13.0. The molecule has 0 aliphatic heterocycles. The molecule has 2 N–H and O–H groups in total. The van der Waals surface area contributed by atoms with Crippen molar-refractivity contribution in [3.63, 3.8) is 0 Å². The van der Waals surface area contributed by atoms with Gasteiger partial charge in [0.25, 0.3) is 0 Å². The topological polar surface area (TPSA) is 35.2 Å². The van der Waals surface area contributed by atoms with E-state index in [2.05, 4.69) is 6.92 Å². The van der Waals surface area contributed by atoms with Crippen LogP contribution < -0.4 is 5.73 Å². The molecule has 0 heterocycles. The molecule has 2 rings (SSSR count). The lowest BCUT2D eigenvalue weighted by molar-refractivity contribution is -0.0327. The van der Waals surface area contributed by atoms with Gasteiger partial charge in [0.15, 0.2) is 0 Å². The molecule has 0 aromatic heterocycles. The summed E-state index contributed by atoms with van der Waals surface area (Å²) in [6.07, 6.45) is 5.06. The summed E-state index contributed by atoms with van der Waals surface area (Å²) < 4.78 is 6.15. The van der Waals surface area contributed by atoms with E-state index >= 15 is 0 Å². The van der Waals surface area contributed by atoms with E-state index in [4.69, 9.17) is 22.1 Å². The first-order valence-corrected chi connectivity index (χ1v) is 7.18. The van der Waals surface area contributed by atoms with E-state index < -0.39 is 0 Å². The van der Waals surface area contributed by atoms with E-state index in [0.717, 1.165) is 29.3 Å². The van der Waals surface area contributed by atoms with Crippen LogP contribution in [0.2, 0.25) is 5.02 Å². The van der Waals surface area contributed by atoms with Crippen molar-refractivity contribution in [1.82, 2.24) is 0 Å². The van der Waals surface area contributed by atoms with Crippen LogP contribution in [-0.2, 0) is 4.74 Å². The highest BCUT2D eigenvalue weighted by atomic mass is 35.5. The molecule has 0 bridgehead atoms. The summed E-state index contributed by atoms with van der Waals surface area (Å²) in [6.45, 7) is 2.79. The van der Waals surface area contributed by atoms with Gasteiger partial charge in [-0.1, -0.05) is 36.7 Å². The lowest BCUT2D eigenvalue weighted by Crippen LogP contribution is -2.26. The van der Waals surface area contributed by atoms with Crippen molar-refractivity contribution < 1.29 is 4.74 Å². The molecular formula is C15H22ClNO. The molecule has 1 atom stereocenters. The number of rotatable bonds is 4. The van der Waals surface area contributed by atoms with Gasteiger partial charge in [0.05, 0.1) is 12.2 Å². The Balaban J connectivity index is 1.99. The summed E-state index contributed by atoms with van der Waals surface area (Å²) in [7, 11) is 0. The first kappa shape index (κ1) is 13.9. The van der Waals surface area contributed by atoms with Crippen molar-refractivity contribution in [3.05, 3.63) is 34.9 Å². The van der Waals surface area contributed by atoms with Gasteiger partial charge in [-0.2, -0.15) is 0 Å². The predicted molar refractivity (Wildman–Crippen MR) is 75.8 cm³/mol. The zero-order valence-corrected chi connectivity index (χ0v) is 11.7. The average Bonchev–Trinajstić information content (AvgIpc) is 2.39. The molecule has 1 fully saturated rings. The van der Waals surface area contributed by atoms with E-state index in [9.17, 15) is 0 Å². The Morgan fingerprint density at radius 1 is 1.28 bits per heavy atom. The summed E-state index contributed by atoms with van der Waals surface area (Å²) in [6, 6.07) is 7.81. The SMILES string of the molecule is CC1CCC(OC(CN)c2ccccc2Cl)CC1. The van der Waals surface area contributed by atoms with Crippen LogP contribution in [0, 0.1) is 5.92 Å². The standard InChI is InChI=1S/C15H22ClNO/c1-11-6-8-12(9-7-11)18-15(10-17)13-4-2-3-5-14(13)16/h2-5,11-12,15H,6-10,17H2,1H3. The van der Waals surface area contributed by atoms with Crippen molar-refractivity contribution in [2.24, 2.45) is 11.7 Å². The third kappa shape index (κ3) is 3.47. The smallest absolute Gasteiger partial charge is 0.0965 e. The zero-order valence-electron chi connectivity index (χ0n) is 10.9. The first-order valence-electron chi connectivity index (χ1n) is 6.80. The molecule has 1 unspecified atom stereocenters. The van der Waals surface area contributed by atoms with Gasteiger partial charge >= 0.3 is 0 Å². The largest absolute Gasteiger partial charge is 0.369 e. The molecule has 0 amide bonds. The van der Waals surface area contributed by atoms with Gasteiger partial charge in [0.1, 0.15) is 0 Å². The highest BCUT2D eigenvalue weighted by Gasteiger charge is 2.23. The summed E-state index contributed by atoms with van der Waals surface area (Å²) in [5, 5.41) is 0.747. The summed E-state index contributed by atoms with van der Waals surface area (Å²) in [4.78, 5) is 0. The average molecular weight is 268 g/mol. The van der Waals surface area contributed by atoms with Gasteiger partial charge < -0.3 is 10.5 Å². The molecule has 1 saturated carbocycles. The van der Waals surface area contributed by atoms with Crippen molar-refractivity contribution in [2.45, 2.75) is 44.8 Å². The molecular weight excluding hydrogens is 246 g/mol. The summed E-state index contributed by atoms with van der Waals surface area (Å²) in [5.74, 6) is 0.835. The van der Waals surface area contributed by atoms with Crippen LogP contribution in [0.25, 0.3) is 0 Å². The second kappa shape index (κ2) is 6.55. The Morgan fingerprint density at radius 3 is 2.56 bits per heavy atom. The number of benzene rings is 1. The lowest BCUT2D eigenvalue weighted by Gasteiger charge is -2.30. The van der Waals surface area contributed by atoms with Gasteiger partial charge in [-0.15, -0.1) is 0 Å². The van der Waals surface area contributed by atoms with Gasteiger partial charge in [-0.25, -0.2) is 0 Å². The van der Waals surface area contributed by atoms with Crippen LogP contribution in [0.5, 0.6) is 0 Å². The van der Waals surface area contributed by atoms with Crippen molar-refractivity contribution in [3.8, 4) is 0 Å². The number of nitrogens with two attached hydrogens (primary N) is 1. The Hall–Kier alpha value is -0.570. The highest BCUT2D eigenvalue weighted by Crippen LogP contribution is 2.31. The maximum absolute atomic E-state index is 6.20. The normalized spacial score (nSPS) is 25.9. The minimum Gasteiger partial charge on any atom is -0.369 e. The third-order valence-corrected chi connectivity index (χ3v) is 4.13. The maximum atomic E-state index is 6.20. The summed E-state index contributed by atoms with van der Waals surface area (Å²) in [5.41, 5.74) is 6.85. The second-order valence-electron chi connectivity index (χ2n) is 5.26. The molecule has 1 aliphatic rings. The number of hydrogen-bond acceptors (Lipinski definition) is 2. The minimum absolute atomic E-state index is 0.0721. The molecule has 1 aromatic rings. The fourth-order valence-corrected chi connectivity index (χ4v) is 2.85. The van der Waals surface area contributed by atoms with Crippen molar-refractivity contribution >= 4 is 11.6 Å². The maximum Gasteiger partial charge on any atom is 0.0965 e. The molecule has 0 saturated heterocycles. The molecule has 2 nitrogen and oxygen atoms in total. The lowest BCUT2D eigenvalue weighted by atomic mass is 9.89. The fraction of sp³-hybridized carbons (Fsp3) is 0.600. The highest BCUT2D eigenvalue weighted by molar-refractivity contribution is 6.31. The molecule has 18 heavy (non-hydrogen) atoms. The fourth-order valence-electron chi connectivity index (χ4n) is 2.59. The number of halogens is 1. The molecule has 3 heteroatoms. The Morgan fingerprint density at radius 2 is 1.94 bits per heavy atom. The van der Waals surface area contributed by atoms with Gasteiger partial charge in [-0.3, -0.25) is 0 Å². The first-order chi connectivity index (χ1) is 8.70. The van der Waals surface area contributed by atoms with Crippen LogP contribution >= 0.6 is 11.6 Å². The minimum atomic E-state index is -0.0721. The van der Waals surface area contributed by atoms with Crippen LogP contribution in [0.15, 0.2) is 24.3 Å². The van der Waals surface area contributed by atoms with Crippen LogP contribution in [-0.4, -0.2) is 12.6 Å². The Bertz CT molecular complexity index is 375. The monoisotopic (exact) mass is 267 g/mol. The van der Waals surface area contributed by atoms with E-state index in [0.29, 0.717) is 12.6 Å². The van der Waals surface area contributed by atoms with Gasteiger partial charge in [-0.05, 0) is 37.7 Å². The predicted octanol–water partition coefficient (Wildman–Crippen LogP) is 3.94. The van der Waals surface area contributed by atoms with Crippen LogP contribution in [0.1, 0.15) is 44.3 Å². The van der Waals surface area contributed by atoms with E-state index in [1.165, 1.54) is 12.8 Å². The van der Waals surface area contributed by atoms with Gasteiger partial charge in [0.2, 0.25) is 0 Å². The summed E-state index contributed by atoms with van der Waals surface area (Å²) >= 11 is 6.20. The Labute approximate surface area is 114 Å². The number of ether oxygens (including phenoxy) is 1. The Kier molecular flexibility index (Phi) is 5.04. The van der Waals surface area contributed by atoms with Crippen LogP contribution in [0.4, 0.5) is 0 Å². The van der Waals surface area contributed by atoms with E-state index in [1.54, 1.807) is 0 Å². The quantitative estimate of drug-likeness (QED) is 0.897. The molecule has 0 radical (unpaired) electrons. The molecule has 1 aromatic carbocycles. The van der Waals surface area contributed by atoms with Crippen molar-refractivity contribution in [2.75, 3.05) is 6.54 Å². The van der Waals surface area contributed by atoms with Crippen LogP contribution in [0.3, 0.4) is 0 Å². The van der Waals surface area contributed by atoms with E-state index in [-0.39, 0.29) is 6.10 Å². The van der Waals surface area contributed by atoms with E-state index in [1.807, 2.05) is 24.3 Å². The van der Waals surface area contributed by atoms with Crippen molar-refractivity contribution in [1.29, 1.82) is 0 Å². The number of hydrogen-bond donors (Lipinski definition) is 1. The third-order valence-electron chi connectivity index (χ3n) is 3.79. The second-order valence-corrected chi connectivity index (χ2v) is 5.67. The molecule has 1 aliphatic carbocycles. The molecule has 100 valence electrons. The van der Waals surface area contributed by atoms with Gasteiger partial charge in [0, 0.05) is 17.1 Å². The molecule has 0 spiro atoms.